The van der Waals surface area contributed by atoms with E-state index in [2.05, 4.69) is 15.5 Å². The van der Waals surface area contributed by atoms with Gasteiger partial charge in [-0.2, -0.15) is 5.10 Å². The molecule has 3 rings (SSSR count). The maximum atomic E-state index is 5.79. The molecule has 0 radical (unpaired) electrons. The first-order chi connectivity index (χ1) is 8.43. The standard InChI is InChI=1S/C13H15N3O/c1-2-4-12-11(3-1)8-15-16-13(12)17-9-10-5-6-14-7-10/h1-4,8,10,14H,5-7,9H2. The summed E-state index contributed by atoms with van der Waals surface area (Å²) in [5, 5.41) is 13.5. The molecule has 2 heterocycles. The van der Waals surface area contributed by atoms with Gasteiger partial charge < -0.3 is 10.1 Å². The van der Waals surface area contributed by atoms with Crippen LogP contribution in [0.1, 0.15) is 6.42 Å². The van der Waals surface area contributed by atoms with Crippen molar-refractivity contribution in [3.63, 3.8) is 0 Å². The molecule has 1 saturated heterocycles. The van der Waals surface area contributed by atoms with Crippen LogP contribution in [0.2, 0.25) is 0 Å². The number of rotatable bonds is 3. The summed E-state index contributed by atoms with van der Waals surface area (Å²) in [7, 11) is 0. The Morgan fingerprint density at radius 1 is 1.35 bits per heavy atom. The predicted molar refractivity (Wildman–Crippen MR) is 66.0 cm³/mol. The Labute approximate surface area is 100 Å². The Balaban J connectivity index is 1.79. The van der Waals surface area contributed by atoms with E-state index in [-0.39, 0.29) is 0 Å². The van der Waals surface area contributed by atoms with Crippen LogP contribution in [0.15, 0.2) is 30.5 Å². The third kappa shape index (κ3) is 2.22. The summed E-state index contributed by atoms with van der Waals surface area (Å²) in [6.07, 6.45) is 2.94. The van der Waals surface area contributed by atoms with E-state index in [1.807, 2.05) is 24.3 Å². The Morgan fingerprint density at radius 2 is 2.29 bits per heavy atom. The first kappa shape index (κ1) is 10.5. The van der Waals surface area contributed by atoms with Crippen molar-refractivity contribution in [2.24, 2.45) is 5.92 Å². The van der Waals surface area contributed by atoms with Gasteiger partial charge in [0, 0.05) is 23.2 Å². The summed E-state index contributed by atoms with van der Waals surface area (Å²) in [5.41, 5.74) is 0. The Kier molecular flexibility index (Phi) is 2.88. The topological polar surface area (TPSA) is 47.0 Å². The zero-order valence-corrected chi connectivity index (χ0v) is 9.60. The van der Waals surface area contributed by atoms with Crippen molar-refractivity contribution >= 4 is 10.8 Å². The predicted octanol–water partition coefficient (Wildman–Crippen LogP) is 1.62. The van der Waals surface area contributed by atoms with E-state index in [1.54, 1.807) is 6.20 Å². The van der Waals surface area contributed by atoms with Crippen molar-refractivity contribution in [3.8, 4) is 5.88 Å². The molecule has 1 aromatic heterocycles. The van der Waals surface area contributed by atoms with Crippen LogP contribution in [-0.2, 0) is 0 Å². The summed E-state index contributed by atoms with van der Waals surface area (Å²) in [5.74, 6) is 1.24. The van der Waals surface area contributed by atoms with Crippen molar-refractivity contribution in [2.75, 3.05) is 19.7 Å². The summed E-state index contributed by atoms with van der Waals surface area (Å²) in [6, 6.07) is 8.03. The number of hydrogen-bond acceptors (Lipinski definition) is 4. The first-order valence-electron chi connectivity index (χ1n) is 5.97. The molecule has 88 valence electrons. The molecule has 0 aliphatic carbocycles. The van der Waals surface area contributed by atoms with Gasteiger partial charge in [-0.05, 0) is 19.0 Å². The molecule has 0 saturated carbocycles. The zero-order valence-electron chi connectivity index (χ0n) is 9.60. The summed E-state index contributed by atoms with van der Waals surface area (Å²) in [4.78, 5) is 0. The van der Waals surface area contributed by atoms with Gasteiger partial charge in [0.1, 0.15) is 0 Å². The van der Waals surface area contributed by atoms with Crippen molar-refractivity contribution in [2.45, 2.75) is 6.42 Å². The normalized spacial score (nSPS) is 19.6. The fourth-order valence-corrected chi connectivity index (χ4v) is 2.16. The van der Waals surface area contributed by atoms with Gasteiger partial charge in [-0.25, -0.2) is 0 Å². The maximum Gasteiger partial charge on any atom is 0.241 e. The Bertz CT molecular complexity index is 503. The highest BCUT2D eigenvalue weighted by Gasteiger charge is 2.15. The smallest absolute Gasteiger partial charge is 0.241 e. The summed E-state index contributed by atoms with van der Waals surface area (Å²) < 4.78 is 5.79. The molecule has 1 aliphatic rings. The number of ether oxygens (including phenoxy) is 1. The molecule has 0 amide bonds. The monoisotopic (exact) mass is 229 g/mol. The van der Waals surface area contributed by atoms with Crippen LogP contribution in [0.4, 0.5) is 0 Å². The second kappa shape index (κ2) is 4.67. The number of nitrogens with zero attached hydrogens (tertiary/aromatic N) is 2. The fraction of sp³-hybridized carbons (Fsp3) is 0.385. The molecule has 0 bridgehead atoms. The van der Waals surface area contributed by atoms with E-state index >= 15 is 0 Å². The van der Waals surface area contributed by atoms with Gasteiger partial charge in [0.2, 0.25) is 5.88 Å². The molecule has 1 fully saturated rings. The van der Waals surface area contributed by atoms with E-state index in [0.717, 1.165) is 30.5 Å². The molecule has 2 aromatic rings. The van der Waals surface area contributed by atoms with E-state index < -0.39 is 0 Å². The van der Waals surface area contributed by atoms with Crippen LogP contribution < -0.4 is 10.1 Å². The van der Waals surface area contributed by atoms with Crippen LogP contribution in [0.25, 0.3) is 10.8 Å². The van der Waals surface area contributed by atoms with Gasteiger partial charge >= 0.3 is 0 Å². The minimum Gasteiger partial charge on any atom is -0.476 e. The fourth-order valence-electron chi connectivity index (χ4n) is 2.16. The zero-order chi connectivity index (χ0) is 11.5. The van der Waals surface area contributed by atoms with Crippen LogP contribution in [-0.4, -0.2) is 29.9 Å². The molecule has 1 atom stereocenters. The molecule has 17 heavy (non-hydrogen) atoms. The third-order valence-electron chi connectivity index (χ3n) is 3.15. The number of hydrogen-bond donors (Lipinski definition) is 1. The van der Waals surface area contributed by atoms with Crippen molar-refractivity contribution in [1.82, 2.24) is 15.5 Å². The highest BCUT2D eigenvalue weighted by molar-refractivity contribution is 5.85. The van der Waals surface area contributed by atoms with Gasteiger partial charge in [-0.1, -0.05) is 18.2 Å². The third-order valence-corrected chi connectivity index (χ3v) is 3.15. The SMILES string of the molecule is c1ccc2c(OCC3CCNC3)nncc2c1. The van der Waals surface area contributed by atoms with Crippen molar-refractivity contribution < 1.29 is 4.74 Å². The molecule has 4 nitrogen and oxygen atoms in total. The van der Waals surface area contributed by atoms with Crippen LogP contribution in [0.3, 0.4) is 0 Å². The molecule has 1 unspecified atom stereocenters. The number of aromatic nitrogens is 2. The second-order valence-corrected chi connectivity index (χ2v) is 4.41. The Hall–Kier alpha value is -1.68. The summed E-state index contributed by atoms with van der Waals surface area (Å²) >= 11 is 0. The van der Waals surface area contributed by atoms with Crippen molar-refractivity contribution in [3.05, 3.63) is 30.5 Å². The van der Waals surface area contributed by atoms with Crippen LogP contribution in [0.5, 0.6) is 5.88 Å². The maximum absolute atomic E-state index is 5.79. The molecule has 1 N–H and O–H groups in total. The number of nitrogens with one attached hydrogen (secondary N) is 1. The Morgan fingerprint density at radius 3 is 3.18 bits per heavy atom. The molecule has 0 spiro atoms. The van der Waals surface area contributed by atoms with Crippen molar-refractivity contribution in [1.29, 1.82) is 0 Å². The van der Waals surface area contributed by atoms with E-state index in [4.69, 9.17) is 4.74 Å². The molecule has 1 aromatic carbocycles. The van der Waals surface area contributed by atoms with E-state index in [9.17, 15) is 0 Å². The highest BCUT2D eigenvalue weighted by atomic mass is 16.5. The second-order valence-electron chi connectivity index (χ2n) is 4.41. The molecular weight excluding hydrogens is 214 g/mol. The van der Waals surface area contributed by atoms with Gasteiger partial charge in [0.15, 0.2) is 0 Å². The lowest BCUT2D eigenvalue weighted by atomic mass is 10.1. The van der Waals surface area contributed by atoms with Gasteiger partial charge in [-0.15, -0.1) is 5.10 Å². The van der Waals surface area contributed by atoms with Crippen LogP contribution in [0, 0.1) is 5.92 Å². The van der Waals surface area contributed by atoms with E-state index in [1.165, 1.54) is 6.42 Å². The number of fused-ring (bicyclic) bond motifs is 1. The molecule has 1 aliphatic heterocycles. The minimum absolute atomic E-state index is 0.593. The van der Waals surface area contributed by atoms with Gasteiger partial charge in [0.05, 0.1) is 12.8 Å². The lowest BCUT2D eigenvalue weighted by Gasteiger charge is -2.10. The highest BCUT2D eigenvalue weighted by Crippen LogP contribution is 2.22. The lowest BCUT2D eigenvalue weighted by Crippen LogP contribution is -2.16. The lowest BCUT2D eigenvalue weighted by molar-refractivity contribution is 0.252. The summed E-state index contributed by atoms with van der Waals surface area (Å²) in [6.45, 7) is 2.85. The first-order valence-corrected chi connectivity index (χ1v) is 5.97. The number of benzene rings is 1. The van der Waals surface area contributed by atoms with E-state index in [0.29, 0.717) is 11.8 Å². The average molecular weight is 229 g/mol. The quantitative estimate of drug-likeness (QED) is 0.868. The molecular formula is C13H15N3O. The largest absolute Gasteiger partial charge is 0.476 e. The average Bonchev–Trinajstić information content (AvgIpc) is 2.89. The van der Waals surface area contributed by atoms with Gasteiger partial charge in [-0.3, -0.25) is 0 Å². The van der Waals surface area contributed by atoms with Gasteiger partial charge in [0.25, 0.3) is 0 Å². The molecule has 4 heteroatoms. The minimum atomic E-state index is 0.593. The van der Waals surface area contributed by atoms with Crippen LogP contribution >= 0.6 is 0 Å².